The first-order valence-electron chi connectivity index (χ1n) is 20.5. The summed E-state index contributed by atoms with van der Waals surface area (Å²) in [4.78, 5) is 0. The predicted octanol–water partition coefficient (Wildman–Crippen LogP) is -3.60. The van der Waals surface area contributed by atoms with Crippen molar-refractivity contribution < 1.29 is 112 Å². The van der Waals surface area contributed by atoms with Crippen molar-refractivity contribution in [1.29, 1.82) is 0 Å². The molecule has 0 saturated carbocycles. The largest absolute Gasteiger partial charge is 5.00 e. The van der Waals surface area contributed by atoms with Gasteiger partial charge in [0.05, 0.1) is 0 Å². The Kier molecular flexibility index (Phi) is 71.5. The van der Waals surface area contributed by atoms with Crippen LogP contribution in [-0.2, 0) is 60.8 Å². The Balaban J connectivity index is -0.000000109. The summed E-state index contributed by atoms with van der Waals surface area (Å²) in [5, 5.41) is 107. The van der Waals surface area contributed by atoms with E-state index in [4.69, 9.17) is 23.7 Å². The van der Waals surface area contributed by atoms with Gasteiger partial charge in [0.15, 0.2) is 0 Å². The molecule has 0 aromatic carbocycles. The molecular weight excluding hydrogens is 822 g/mol. The molecule has 0 aliphatic rings. The molecule has 340 valence electrons. The molecule has 0 rings (SSSR count). The SMILES string of the molecule is CCC([O-])COCC([O-])CC.CCC([O-])COCC([O-])CC.CCC([O-])COCC([O-])CC.CCC([O-])COCC([O-])CC.CCC([O-])COCC([O-])CC.[V+5].[V+5]. The van der Waals surface area contributed by atoms with Crippen molar-refractivity contribution in [2.45, 2.75) is 194 Å². The van der Waals surface area contributed by atoms with Crippen LogP contribution in [0.2, 0.25) is 0 Å². The summed E-state index contributed by atoms with van der Waals surface area (Å²) in [6.07, 6.45) is -1.02. The molecule has 0 aliphatic carbocycles. The van der Waals surface area contributed by atoms with E-state index in [-0.39, 0.29) is 103 Å². The van der Waals surface area contributed by atoms with Crippen molar-refractivity contribution in [2.24, 2.45) is 0 Å². The minimum atomic E-state index is -0.668. The first-order valence-corrected chi connectivity index (χ1v) is 20.5. The molecule has 0 aromatic rings. The van der Waals surface area contributed by atoms with Gasteiger partial charge in [-0.1, -0.05) is 133 Å². The van der Waals surface area contributed by atoms with Gasteiger partial charge in [-0.25, -0.2) is 0 Å². The minimum Gasteiger partial charge on any atom is -0.850 e. The van der Waals surface area contributed by atoms with Gasteiger partial charge in [-0.15, -0.1) is 61.0 Å². The van der Waals surface area contributed by atoms with Gasteiger partial charge >= 0.3 is 37.1 Å². The molecule has 0 heterocycles. The third kappa shape index (κ3) is 65.9. The molecule has 0 aliphatic heterocycles. The number of rotatable bonds is 30. The van der Waals surface area contributed by atoms with Crippen molar-refractivity contribution in [3.05, 3.63) is 0 Å². The van der Waals surface area contributed by atoms with Crippen molar-refractivity contribution in [1.82, 2.24) is 0 Å². The molecule has 17 heteroatoms. The summed E-state index contributed by atoms with van der Waals surface area (Å²) in [5.41, 5.74) is 0. The summed E-state index contributed by atoms with van der Waals surface area (Å²) in [7, 11) is 0. The maximum atomic E-state index is 10.7. The van der Waals surface area contributed by atoms with Crippen LogP contribution in [0.4, 0.5) is 0 Å². The second-order valence-electron chi connectivity index (χ2n) is 13.0. The molecule has 10 unspecified atom stereocenters. The zero-order valence-electron chi connectivity index (χ0n) is 36.9. The van der Waals surface area contributed by atoms with Gasteiger partial charge in [-0.05, 0) is 0 Å². The Labute approximate surface area is 371 Å². The van der Waals surface area contributed by atoms with Crippen LogP contribution in [-0.4, -0.2) is 127 Å². The van der Waals surface area contributed by atoms with E-state index < -0.39 is 61.0 Å². The predicted molar refractivity (Wildman–Crippen MR) is 195 cm³/mol. The molecule has 0 radical (unpaired) electrons. The molecule has 0 bridgehead atoms. The first-order chi connectivity index (χ1) is 26.0. The van der Waals surface area contributed by atoms with Gasteiger partial charge in [-0.3, -0.25) is 0 Å². The zero-order valence-corrected chi connectivity index (χ0v) is 39.7. The van der Waals surface area contributed by atoms with E-state index >= 15 is 0 Å². The maximum Gasteiger partial charge on any atom is 5.00 e. The molecule has 57 heavy (non-hydrogen) atoms. The second-order valence-corrected chi connectivity index (χ2v) is 13.0. The molecular formula is C40H80O15V2. The molecule has 0 fully saturated rings. The number of hydrogen-bond donors (Lipinski definition) is 0. The molecule has 0 saturated heterocycles. The van der Waals surface area contributed by atoms with Crippen molar-refractivity contribution in [3.8, 4) is 0 Å². The fourth-order valence-corrected chi connectivity index (χ4v) is 2.83. The molecule has 0 aromatic heterocycles. The monoisotopic (exact) mass is 902 g/mol. The summed E-state index contributed by atoms with van der Waals surface area (Å²) < 4.78 is 24.6. The topological polar surface area (TPSA) is 277 Å². The normalized spacial score (nSPS) is 15.8. The van der Waals surface area contributed by atoms with Crippen LogP contribution in [0.25, 0.3) is 0 Å². The summed E-state index contributed by atoms with van der Waals surface area (Å²) in [6.45, 7) is 19.9. The fraction of sp³-hybridized carbons (Fsp3) is 1.00. The summed E-state index contributed by atoms with van der Waals surface area (Å²) in [5.74, 6) is 0. The van der Waals surface area contributed by atoms with Crippen molar-refractivity contribution in [2.75, 3.05) is 66.1 Å². The van der Waals surface area contributed by atoms with E-state index in [0.717, 1.165) is 0 Å². The Morgan fingerprint density at radius 1 is 0.211 bits per heavy atom. The Morgan fingerprint density at radius 3 is 0.333 bits per heavy atom. The average Bonchev–Trinajstić information content (AvgIpc) is 3.20. The van der Waals surface area contributed by atoms with Crippen LogP contribution in [0.1, 0.15) is 133 Å². The average molecular weight is 903 g/mol. The van der Waals surface area contributed by atoms with Gasteiger partial charge in [0.25, 0.3) is 0 Å². The molecule has 10 atom stereocenters. The number of ether oxygens (including phenoxy) is 5. The van der Waals surface area contributed by atoms with Gasteiger partial charge < -0.3 is 74.7 Å². The molecule has 0 amide bonds. The van der Waals surface area contributed by atoms with E-state index in [1.54, 1.807) is 0 Å². The van der Waals surface area contributed by atoms with Crippen LogP contribution < -0.4 is 51.1 Å². The van der Waals surface area contributed by atoms with Gasteiger partial charge in [-0.2, -0.15) is 0 Å². The molecule has 15 nitrogen and oxygen atoms in total. The van der Waals surface area contributed by atoms with Crippen molar-refractivity contribution >= 4 is 0 Å². The van der Waals surface area contributed by atoms with Crippen LogP contribution >= 0.6 is 0 Å². The Bertz CT molecular complexity index is 517. The summed E-state index contributed by atoms with van der Waals surface area (Å²) in [6, 6.07) is 0. The summed E-state index contributed by atoms with van der Waals surface area (Å²) >= 11 is 0. The van der Waals surface area contributed by atoms with Gasteiger partial charge in [0.2, 0.25) is 0 Å². The maximum absolute atomic E-state index is 10.7. The van der Waals surface area contributed by atoms with Crippen LogP contribution in [0.5, 0.6) is 0 Å². The molecule has 0 spiro atoms. The number of hydrogen-bond acceptors (Lipinski definition) is 15. The van der Waals surface area contributed by atoms with Crippen LogP contribution in [0.3, 0.4) is 0 Å². The van der Waals surface area contributed by atoms with Gasteiger partial charge in [0, 0.05) is 66.1 Å². The van der Waals surface area contributed by atoms with E-state index in [1.165, 1.54) is 0 Å². The standard InChI is InChI=1S/5C8H16O3.2V/c5*1-3-7(9)5-11-6-8(10)4-2;;/h5*7-8H,3-6H2,1-2H3;;/q5*-2;2*+5. The minimum absolute atomic E-state index is 0. The Morgan fingerprint density at radius 2 is 0.281 bits per heavy atom. The van der Waals surface area contributed by atoms with E-state index in [2.05, 4.69) is 0 Å². The third-order valence-electron chi connectivity index (χ3n) is 7.59. The van der Waals surface area contributed by atoms with E-state index in [0.29, 0.717) is 64.2 Å². The van der Waals surface area contributed by atoms with E-state index in [1.807, 2.05) is 69.2 Å². The van der Waals surface area contributed by atoms with Gasteiger partial charge in [0.1, 0.15) is 0 Å². The van der Waals surface area contributed by atoms with E-state index in [9.17, 15) is 51.1 Å². The Hall–Kier alpha value is 0.569. The second kappa shape index (κ2) is 56.6. The molecule has 0 N–H and O–H groups in total. The van der Waals surface area contributed by atoms with Crippen molar-refractivity contribution in [3.63, 3.8) is 0 Å². The quantitative estimate of drug-likeness (QED) is 0.0674. The first kappa shape index (κ1) is 72.0. The third-order valence-corrected chi connectivity index (χ3v) is 7.59. The zero-order chi connectivity index (χ0) is 43.5. The van der Waals surface area contributed by atoms with Crippen LogP contribution in [0, 0.1) is 0 Å². The van der Waals surface area contributed by atoms with Crippen LogP contribution in [0.15, 0.2) is 0 Å². The fourth-order valence-electron chi connectivity index (χ4n) is 2.83. The smallest absolute Gasteiger partial charge is 0.850 e.